The standard InChI is InChI=1S/C18H11ClN2O/c19-14-9-5-4-8-13(14)17(22)16-15(18(16,10-20)11-21)12-6-2-1-3-7-12/h1-9,15-16H/t15-,16+/m0/s1. The van der Waals surface area contributed by atoms with Gasteiger partial charge in [-0.1, -0.05) is 54.1 Å². The molecule has 0 aromatic heterocycles. The summed E-state index contributed by atoms with van der Waals surface area (Å²) in [6, 6.07) is 20.0. The van der Waals surface area contributed by atoms with Crippen molar-refractivity contribution in [3.05, 3.63) is 70.7 Å². The van der Waals surface area contributed by atoms with Gasteiger partial charge in [-0.15, -0.1) is 0 Å². The Morgan fingerprint density at radius 1 is 1.00 bits per heavy atom. The van der Waals surface area contributed by atoms with E-state index in [-0.39, 0.29) is 5.78 Å². The normalized spacial score (nSPS) is 21.4. The van der Waals surface area contributed by atoms with Crippen molar-refractivity contribution in [3.8, 4) is 12.1 Å². The fraction of sp³-hybridized carbons (Fsp3) is 0.167. The highest BCUT2D eigenvalue weighted by Crippen LogP contribution is 2.65. The van der Waals surface area contributed by atoms with Crippen molar-refractivity contribution in [3.63, 3.8) is 0 Å². The van der Waals surface area contributed by atoms with Crippen LogP contribution in [0.2, 0.25) is 5.02 Å². The Morgan fingerprint density at radius 3 is 2.18 bits per heavy atom. The molecule has 4 heteroatoms. The van der Waals surface area contributed by atoms with E-state index in [9.17, 15) is 15.3 Å². The maximum Gasteiger partial charge on any atom is 0.170 e. The van der Waals surface area contributed by atoms with Crippen molar-refractivity contribution in [1.29, 1.82) is 10.5 Å². The smallest absolute Gasteiger partial charge is 0.170 e. The van der Waals surface area contributed by atoms with Gasteiger partial charge < -0.3 is 0 Å². The minimum Gasteiger partial charge on any atom is -0.294 e. The number of nitriles is 2. The number of Topliss-reactive ketones (excluding diaryl/α,β-unsaturated/α-hetero) is 1. The second kappa shape index (κ2) is 5.30. The van der Waals surface area contributed by atoms with Crippen LogP contribution in [0, 0.1) is 34.0 Å². The molecular formula is C18H11ClN2O. The molecule has 0 radical (unpaired) electrons. The molecule has 0 saturated heterocycles. The molecule has 3 nitrogen and oxygen atoms in total. The summed E-state index contributed by atoms with van der Waals surface area (Å²) in [5, 5.41) is 19.3. The summed E-state index contributed by atoms with van der Waals surface area (Å²) in [6.45, 7) is 0. The number of halogens is 1. The highest BCUT2D eigenvalue weighted by molar-refractivity contribution is 6.34. The molecule has 0 heterocycles. The number of hydrogen-bond donors (Lipinski definition) is 0. The highest BCUT2D eigenvalue weighted by Gasteiger charge is 2.70. The predicted octanol–water partition coefficient (Wildman–Crippen LogP) is 3.97. The molecule has 0 aliphatic heterocycles. The number of hydrogen-bond acceptors (Lipinski definition) is 3. The van der Waals surface area contributed by atoms with Gasteiger partial charge in [-0.2, -0.15) is 10.5 Å². The van der Waals surface area contributed by atoms with Gasteiger partial charge in [0.1, 0.15) is 0 Å². The first-order valence-electron chi connectivity index (χ1n) is 6.82. The number of ketones is 1. The summed E-state index contributed by atoms with van der Waals surface area (Å²) < 4.78 is 0. The molecule has 0 bridgehead atoms. The Morgan fingerprint density at radius 2 is 1.59 bits per heavy atom. The summed E-state index contributed by atoms with van der Waals surface area (Å²) >= 11 is 6.08. The van der Waals surface area contributed by atoms with Gasteiger partial charge in [-0.25, -0.2) is 0 Å². The predicted molar refractivity (Wildman–Crippen MR) is 82.1 cm³/mol. The Bertz CT molecular complexity index is 803. The lowest BCUT2D eigenvalue weighted by molar-refractivity contribution is 0.0958. The van der Waals surface area contributed by atoms with Crippen molar-refractivity contribution in [2.75, 3.05) is 0 Å². The second-order valence-electron chi connectivity index (χ2n) is 5.30. The van der Waals surface area contributed by atoms with E-state index >= 15 is 0 Å². The van der Waals surface area contributed by atoms with Gasteiger partial charge in [0.15, 0.2) is 11.2 Å². The molecule has 106 valence electrons. The summed E-state index contributed by atoms with van der Waals surface area (Å²) in [5.74, 6) is -1.33. The monoisotopic (exact) mass is 306 g/mol. The zero-order valence-electron chi connectivity index (χ0n) is 11.5. The molecule has 1 fully saturated rings. The third-order valence-corrected chi connectivity index (χ3v) is 4.49. The number of carbonyl (C=O) groups is 1. The molecule has 1 aliphatic rings. The molecule has 2 aromatic carbocycles. The van der Waals surface area contributed by atoms with E-state index in [4.69, 9.17) is 11.6 Å². The maximum absolute atomic E-state index is 12.8. The zero-order chi connectivity index (χ0) is 15.7. The van der Waals surface area contributed by atoms with Crippen LogP contribution in [0.3, 0.4) is 0 Å². The van der Waals surface area contributed by atoms with E-state index in [0.29, 0.717) is 10.6 Å². The molecule has 3 rings (SSSR count). The van der Waals surface area contributed by atoms with Crippen molar-refractivity contribution in [2.24, 2.45) is 11.3 Å². The summed E-state index contributed by atoms with van der Waals surface area (Å²) in [6.07, 6.45) is 0. The fourth-order valence-corrected chi connectivity index (χ4v) is 3.22. The van der Waals surface area contributed by atoms with Gasteiger partial charge in [0.05, 0.1) is 23.1 Å². The van der Waals surface area contributed by atoms with E-state index in [1.54, 1.807) is 24.3 Å². The van der Waals surface area contributed by atoms with Gasteiger partial charge in [0, 0.05) is 11.5 Å². The van der Waals surface area contributed by atoms with Crippen LogP contribution in [0.1, 0.15) is 21.8 Å². The van der Waals surface area contributed by atoms with Gasteiger partial charge >= 0.3 is 0 Å². The van der Waals surface area contributed by atoms with Crippen LogP contribution in [-0.2, 0) is 0 Å². The molecule has 2 atom stereocenters. The zero-order valence-corrected chi connectivity index (χ0v) is 12.3. The summed E-state index contributed by atoms with van der Waals surface area (Å²) in [5.41, 5.74) is -0.115. The Kier molecular flexibility index (Phi) is 3.45. The molecule has 1 saturated carbocycles. The maximum atomic E-state index is 12.8. The van der Waals surface area contributed by atoms with Crippen LogP contribution in [0.25, 0.3) is 0 Å². The second-order valence-corrected chi connectivity index (χ2v) is 5.71. The number of rotatable bonds is 3. The van der Waals surface area contributed by atoms with E-state index in [1.807, 2.05) is 42.5 Å². The van der Waals surface area contributed by atoms with E-state index in [1.165, 1.54) is 0 Å². The van der Waals surface area contributed by atoms with Gasteiger partial charge in [0.25, 0.3) is 0 Å². The summed E-state index contributed by atoms with van der Waals surface area (Å²) in [7, 11) is 0. The van der Waals surface area contributed by atoms with Gasteiger partial charge in [-0.05, 0) is 17.7 Å². The van der Waals surface area contributed by atoms with E-state index < -0.39 is 17.3 Å². The molecule has 22 heavy (non-hydrogen) atoms. The van der Waals surface area contributed by atoms with E-state index in [2.05, 4.69) is 0 Å². The molecule has 2 aromatic rings. The molecule has 0 N–H and O–H groups in total. The highest BCUT2D eigenvalue weighted by atomic mass is 35.5. The van der Waals surface area contributed by atoms with Gasteiger partial charge in [-0.3, -0.25) is 4.79 Å². The topological polar surface area (TPSA) is 64.7 Å². The third-order valence-electron chi connectivity index (χ3n) is 4.16. The van der Waals surface area contributed by atoms with Crippen molar-refractivity contribution in [2.45, 2.75) is 5.92 Å². The average Bonchev–Trinajstić information content (AvgIpc) is 3.25. The Labute approximate surface area is 133 Å². The van der Waals surface area contributed by atoms with Crippen molar-refractivity contribution in [1.82, 2.24) is 0 Å². The lowest BCUT2D eigenvalue weighted by Crippen LogP contribution is -2.09. The lowest BCUT2D eigenvalue weighted by Gasteiger charge is -2.02. The van der Waals surface area contributed by atoms with Crippen molar-refractivity contribution < 1.29 is 4.79 Å². The summed E-state index contributed by atoms with van der Waals surface area (Å²) in [4.78, 5) is 12.8. The first-order valence-corrected chi connectivity index (χ1v) is 7.19. The number of carbonyl (C=O) groups excluding carboxylic acids is 1. The molecule has 0 unspecified atom stereocenters. The van der Waals surface area contributed by atoms with Crippen LogP contribution < -0.4 is 0 Å². The first kappa shape index (κ1) is 14.3. The number of nitrogens with zero attached hydrogens (tertiary/aromatic N) is 2. The lowest BCUT2D eigenvalue weighted by atomic mass is 10.0. The third kappa shape index (κ3) is 1.99. The fourth-order valence-electron chi connectivity index (χ4n) is 2.99. The molecule has 0 amide bonds. The van der Waals surface area contributed by atoms with Crippen molar-refractivity contribution >= 4 is 17.4 Å². The van der Waals surface area contributed by atoms with Gasteiger partial charge in [0.2, 0.25) is 0 Å². The average molecular weight is 307 g/mol. The SMILES string of the molecule is N#CC1(C#N)[C@@H](C(=O)c2ccccc2Cl)[C@@H]1c1ccccc1. The minimum atomic E-state index is -1.31. The Balaban J connectivity index is 2.04. The van der Waals surface area contributed by atoms with Crippen LogP contribution in [-0.4, -0.2) is 5.78 Å². The largest absolute Gasteiger partial charge is 0.294 e. The number of benzene rings is 2. The van der Waals surface area contributed by atoms with Crippen LogP contribution in [0.4, 0.5) is 0 Å². The molecule has 0 spiro atoms. The molecule has 1 aliphatic carbocycles. The molecular weight excluding hydrogens is 296 g/mol. The van der Waals surface area contributed by atoms with Crippen LogP contribution in [0.5, 0.6) is 0 Å². The first-order chi connectivity index (χ1) is 10.7. The quantitative estimate of drug-likeness (QED) is 0.806. The minimum absolute atomic E-state index is 0.248. The van der Waals surface area contributed by atoms with Crippen LogP contribution >= 0.6 is 11.6 Å². The van der Waals surface area contributed by atoms with E-state index in [0.717, 1.165) is 5.56 Å². The Hall–Kier alpha value is -2.62. The van der Waals surface area contributed by atoms with Crippen LogP contribution in [0.15, 0.2) is 54.6 Å².